The molecule has 1 aliphatic heterocycles. The molecule has 4 atom stereocenters. The molecule has 1 fully saturated rings. The van der Waals surface area contributed by atoms with Crippen molar-refractivity contribution in [1.29, 1.82) is 0 Å². The Labute approximate surface area is 244 Å². The minimum absolute atomic E-state index is 0.157. The predicted molar refractivity (Wildman–Crippen MR) is 159 cm³/mol. The van der Waals surface area contributed by atoms with Crippen molar-refractivity contribution in [3.8, 4) is 5.75 Å². The van der Waals surface area contributed by atoms with Crippen LogP contribution in [-0.2, 0) is 16.1 Å². The van der Waals surface area contributed by atoms with Gasteiger partial charge in [0.05, 0.1) is 36.8 Å². The largest absolute Gasteiger partial charge is 0.507 e. The lowest BCUT2D eigenvalue weighted by molar-refractivity contribution is -0.140. The number of aliphatic hydroxyl groups excluding tert-OH is 2. The number of fused-ring (bicyclic) bond motifs is 1. The number of aliphatic hydroxyl groups is 2. The van der Waals surface area contributed by atoms with E-state index in [0.717, 1.165) is 28.1 Å². The van der Waals surface area contributed by atoms with E-state index in [1.54, 1.807) is 18.3 Å². The summed E-state index contributed by atoms with van der Waals surface area (Å²) in [5.74, 6) is -2.09. The number of likely N-dealkylation sites (tertiary alicyclic amines) is 1. The average Bonchev–Trinajstić information content (AvgIpc) is 3.59. The highest BCUT2D eigenvalue weighted by atomic mass is 32.1. The number of phenolic OH excluding ortho intramolecular Hbond substituents is 1. The number of para-hydroxylation sites is 1. The first-order valence-electron chi connectivity index (χ1n) is 14.2. The van der Waals surface area contributed by atoms with Gasteiger partial charge in [-0.15, -0.1) is 11.3 Å². The van der Waals surface area contributed by atoms with Crippen LogP contribution in [0, 0.1) is 17.8 Å². The van der Waals surface area contributed by atoms with Crippen molar-refractivity contribution in [3.05, 3.63) is 93.5 Å². The molecule has 1 aliphatic carbocycles. The summed E-state index contributed by atoms with van der Waals surface area (Å²) >= 11 is 1.50. The van der Waals surface area contributed by atoms with E-state index >= 15 is 0 Å². The van der Waals surface area contributed by atoms with Crippen molar-refractivity contribution in [1.82, 2.24) is 9.88 Å². The van der Waals surface area contributed by atoms with Crippen molar-refractivity contribution in [2.24, 2.45) is 17.8 Å². The first-order chi connectivity index (χ1) is 19.9. The minimum atomic E-state index is -0.902. The molecule has 0 bridgehead atoms. The van der Waals surface area contributed by atoms with Gasteiger partial charge in [0.15, 0.2) is 0 Å². The van der Waals surface area contributed by atoms with Crippen LogP contribution in [-0.4, -0.2) is 49.7 Å². The van der Waals surface area contributed by atoms with Crippen LogP contribution in [0.5, 0.6) is 5.75 Å². The molecule has 0 unspecified atom stereocenters. The molecule has 214 valence electrons. The molecular weight excluding hydrogens is 536 g/mol. The minimum Gasteiger partial charge on any atom is -0.507 e. The zero-order valence-electron chi connectivity index (χ0n) is 23.1. The number of allylic oxidation sites excluding steroid dienone is 2. The van der Waals surface area contributed by atoms with Crippen LogP contribution >= 0.6 is 11.3 Å². The van der Waals surface area contributed by atoms with E-state index in [9.17, 15) is 24.9 Å². The summed E-state index contributed by atoms with van der Waals surface area (Å²) in [5.41, 5.74) is 3.94. The molecule has 0 spiro atoms. The Morgan fingerprint density at radius 2 is 1.93 bits per heavy atom. The van der Waals surface area contributed by atoms with Gasteiger partial charge in [-0.05, 0) is 72.6 Å². The van der Waals surface area contributed by atoms with Crippen LogP contribution in [0.1, 0.15) is 55.2 Å². The first-order valence-corrected chi connectivity index (χ1v) is 15.1. The van der Waals surface area contributed by atoms with E-state index in [1.165, 1.54) is 16.2 Å². The van der Waals surface area contributed by atoms with Crippen molar-refractivity contribution in [2.75, 3.05) is 6.61 Å². The van der Waals surface area contributed by atoms with Crippen LogP contribution < -0.4 is 0 Å². The van der Waals surface area contributed by atoms with E-state index < -0.39 is 23.9 Å². The summed E-state index contributed by atoms with van der Waals surface area (Å²) in [7, 11) is 0. The van der Waals surface area contributed by atoms with Crippen LogP contribution in [0.25, 0.3) is 11.6 Å². The fourth-order valence-corrected chi connectivity index (χ4v) is 7.04. The molecule has 0 radical (unpaired) electrons. The van der Waals surface area contributed by atoms with Gasteiger partial charge in [-0.2, -0.15) is 0 Å². The number of imide groups is 1. The molecule has 7 nitrogen and oxygen atoms in total. The summed E-state index contributed by atoms with van der Waals surface area (Å²) in [6, 6.07) is 16.5. The zero-order chi connectivity index (χ0) is 28.9. The monoisotopic (exact) mass is 572 g/mol. The van der Waals surface area contributed by atoms with Crippen LogP contribution in [0.3, 0.4) is 0 Å². The molecule has 8 heteroatoms. The Morgan fingerprint density at radius 3 is 2.61 bits per heavy atom. The van der Waals surface area contributed by atoms with E-state index in [1.807, 2.05) is 53.9 Å². The van der Waals surface area contributed by atoms with Gasteiger partial charge < -0.3 is 15.3 Å². The van der Waals surface area contributed by atoms with Gasteiger partial charge in [0.2, 0.25) is 11.8 Å². The molecule has 3 aromatic rings. The van der Waals surface area contributed by atoms with Crippen molar-refractivity contribution >= 4 is 34.8 Å². The van der Waals surface area contributed by atoms with Crippen molar-refractivity contribution < 1.29 is 24.9 Å². The molecule has 2 aromatic heterocycles. The summed E-state index contributed by atoms with van der Waals surface area (Å²) in [6.45, 7) is 1.98. The van der Waals surface area contributed by atoms with Gasteiger partial charge in [0.1, 0.15) is 5.75 Å². The van der Waals surface area contributed by atoms with Gasteiger partial charge in [0.25, 0.3) is 0 Å². The Hall–Kier alpha value is -3.59. The van der Waals surface area contributed by atoms with Gasteiger partial charge in [-0.25, -0.2) is 0 Å². The Bertz CT molecular complexity index is 1430. The summed E-state index contributed by atoms with van der Waals surface area (Å²) in [4.78, 5) is 33.8. The van der Waals surface area contributed by atoms with E-state index in [2.05, 4.69) is 11.9 Å². The molecule has 1 aromatic carbocycles. The highest BCUT2D eigenvalue weighted by molar-refractivity contribution is 7.09. The number of rotatable bonds is 11. The number of nitrogens with zero attached hydrogens (tertiary/aromatic N) is 2. The average molecular weight is 573 g/mol. The normalized spacial score (nSPS) is 21.9. The highest BCUT2D eigenvalue weighted by Gasteiger charge is 2.54. The number of benzene rings is 1. The summed E-state index contributed by atoms with van der Waals surface area (Å²) in [6.07, 6.45) is 5.43. The molecule has 1 saturated heterocycles. The molecule has 0 saturated carbocycles. The summed E-state index contributed by atoms with van der Waals surface area (Å²) in [5, 5.41) is 34.6. The molecule has 2 aliphatic rings. The number of phenols is 1. The number of thiophene rings is 1. The summed E-state index contributed by atoms with van der Waals surface area (Å²) < 4.78 is 0. The standard InChI is InChI=1S/C33H36N2O5S/c1-2-8-23-18-25-31(33(40)35(32(25)39)19-24-10-7-16-41-24)26(20-36)30(23)29(38)14-13-21(27-11-5-6-15-34-27)17-22-9-3-4-12-28(22)37/h3-7,9-12,15-17,25-26,29,31,36-38H,2,8,13-14,18-20H2,1H3/b21-17-/t25-,26+,29-,31-/m1/s1. The van der Waals surface area contributed by atoms with Crippen LogP contribution in [0.2, 0.25) is 0 Å². The number of carbonyl (C=O) groups is 2. The number of amides is 2. The Balaban J connectivity index is 1.42. The number of hydrogen-bond donors (Lipinski definition) is 3. The quantitative estimate of drug-likeness (QED) is 0.208. The van der Waals surface area contributed by atoms with Crippen LogP contribution in [0.4, 0.5) is 0 Å². The lowest BCUT2D eigenvalue weighted by Gasteiger charge is -2.36. The van der Waals surface area contributed by atoms with Crippen molar-refractivity contribution in [3.63, 3.8) is 0 Å². The fourth-order valence-electron chi connectivity index (χ4n) is 6.35. The number of hydrogen-bond acceptors (Lipinski definition) is 7. The fraction of sp³-hybridized carbons (Fsp3) is 0.364. The smallest absolute Gasteiger partial charge is 0.234 e. The third-order valence-electron chi connectivity index (χ3n) is 8.22. The van der Waals surface area contributed by atoms with Gasteiger partial charge in [0, 0.05) is 22.6 Å². The Kier molecular flexibility index (Phi) is 9.12. The number of aromatic nitrogens is 1. The maximum Gasteiger partial charge on any atom is 0.234 e. The third kappa shape index (κ3) is 6.05. The second-order valence-electron chi connectivity index (χ2n) is 10.8. The second kappa shape index (κ2) is 12.9. The maximum atomic E-state index is 13.6. The van der Waals surface area contributed by atoms with Crippen LogP contribution in [0.15, 0.2) is 77.3 Å². The number of pyridine rings is 1. The highest BCUT2D eigenvalue weighted by Crippen LogP contribution is 2.47. The van der Waals surface area contributed by atoms with Gasteiger partial charge in [-0.1, -0.05) is 49.2 Å². The second-order valence-corrected chi connectivity index (χ2v) is 11.8. The third-order valence-corrected chi connectivity index (χ3v) is 9.09. The lowest BCUT2D eigenvalue weighted by Crippen LogP contribution is -2.39. The molecule has 5 rings (SSSR count). The molecular formula is C33H36N2O5S. The molecule has 3 N–H and O–H groups in total. The Morgan fingerprint density at radius 1 is 1.12 bits per heavy atom. The first kappa shape index (κ1) is 28.9. The molecule has 2 amide bonds. The lowest BCUT2D eigenvalue weighted by atomic mass is 9.67. The predicted octanol–water partition coefficient (Wildman–Crippen LogP) is 5.44. The van der Waals surface area contributed by atoms with Gasteiger partial charge >= 0.3 is 0 Å². The van der Waals surface area contributed by atoms with E-state index in [4.69, 9.17) is 0 Å². The zero-order valence-corrected chi connectivity index (χ0v) is 24.0. The number of carbonyl (C=O) groups excluding carboxylic acids is 2. The topological polar surface area (TPSA) is 111 Å². The SMILES string of the molecule is CCCC1=C([C@H](O)CC/C(=C/c2ccccc2O)c2ccccn2)[C@H](CO)[C@@H]2C(=O)N(Cc3cccs3)C(=O)[C@@H]2C1. The van der Waals surface area contributed by atoms with Gasteiger partial charge in [-0.3, -0.25) is 19.5 Å². The van der Waals surface area contributed by atoms with E-state index in [0.29, 0.717) is 36.8 Å². The molecule has 41 heavy (non-hydrogen) atoms. The molecule has 3 heterocycles. The number of aromatic hydroxyl groups is 1. The van der Waals surface area contributed by atoms with E-state index in [-0.39, 0.29) is 30.7 Å². The van der Waals surface area contributed by atoms with Crippen molar-refractivity contribution in [2.45, 2.75) is 51.7 Å². The maximum absolute atomic E-state index is 13.6.